The molecule has 0 radical (unpaired) electrons. The number of methoxy groups -OCH3 is 1. The van der Waals surface area contributed by atoms with Crippen molar-refractivity contribution < 1.29 is 14.3 Å². The van der Waals surface area contributed by atoms with Crippen LogP contribution in [-0.2, 0) is 9.47 Å². The molecule has 0 aromatic carbocycles. The van der Waals surface area contributed by atoms with E-state index in [9.17, 15) is 4.79 Å². The van der Waals surface area contributed by atoms with Crippen LogP contribution in [-0.4, -0.2) is 66.5 Å². The first kappa shape index (κ1) is 18.6. The van der Waals surface area contributed by atoms with E-state index >= 15 is 0 Å². The molecule has 2 saturated heterocycles. The van der Waals surface area contributed by atoms with Crippen molar-refractivity contribution in [2.24, 2.45) is 0 Å². The summed E-state index contributed by atoms with van der Waals surface area (Å²) in [6.45, 7) is 4.37. The van der Waals surface area contributed by atoms with Crippen LogP contribution in [0.4, 0.5) is 10.6 Å². The smallest absolute Gasteiger partial charge is 0.416 e. The Balaban J connectivity index is 1.47. The Morgan fingerprint density at radius 1 is 1.26 bits per heavy atom. The largest absolute Gasteiger partial charge is 0.441 e. The highest BCUT2D eigenvalue weighted by atomic mass is 16.6. The summed E-state index contributed by atoms with van der Waals surface area (Å²) in [5.41, 5.74) is 0.668. The van der Waals surface area contributed by atoms with Gasteiger partial charge in [-0.3, -0.25) is 9.88 Å². The van der Waals surface area contributed by atoms with E-state index in [1.807, 2.05) is 6.20 Å². The zero-order valence-electron chi connectivity index (χ0n) is 16.2. The molecular weight excluding hydrogens is 344 g/mol. The van der Waals surface area contributed by atoms with Gasteiger partial charge in [-0.25, -0.2) is 9.78 Å². The van der Waals surface area contributed by atoms with Crippen molar-refractivity contribution in [3.8, 4) is 0 Å². The van der Waals surface area contributed by atoms with Crippen LogP contribution in [0.25, 0.3) is 0 Å². The van der Waals surface area contributed by atoms with Crippen molar-refractivity contribution in [1.29, 1.82) is 0 Å². The zero-order chi connectivity index (χ0) is 18.7. The van der Waals surface area contributed by atoms with Crippen molar-refractivity contribution in [3.05, 3.63) is 18.1 Å². The second-order valence-electron chi connectivity index (χ2n) is 8.13. The van der Waals surface area contributed by atoms with Crippen LogP contribution in [0.1, 0.15) is 56.6 Å². The van der Waals surface area contributed by atoms with E-state index in [0.717, 1.165) is 70.5 Å². The number of aromatic nitrogens is 2. The first-order valence-electron chi connectivity index (χ1n) is 10.2. The van der Waals surface area contributed by atoms with Gasteiger partial charge >= 0.3 is 6.09 Å². The molecule has 2 aliphatic heterocycles. The molecule has 1 aliphatic carbocycles. The molecule has 3 fully saturated rings. The SMILES string of the molecule is COCCN1CCC[C@H](c2cncc(N3CC4(CCCCC4)OC3=O)n2)C1. The van der Waals surface area contributed by atoms with Crippen LogP contribution >= 0.6 is 0 Å². The molecule has 1 amide bonds. The lowest BCUT2D eigenvalue weighted by Crippen LogP contribution is -2.37. The summed E-state index contributed by atoms with van der Waals surface area (Å²) in [4.78, 5) is 25.9. The van der Waals surface area contributed by atoms with Gasteiger partial charge in [0.1, 0.15) is 5.60 Å². The number of rotatable bonds is 5. The van der Waals surface area contributed by atoms with Crippen LogP contribution < -0.4 is 4.90 Å². The fourth-order valence-corrected chi connectivity index (χ4v) is 4.67. The minimum absolute atomic E-state index is 0.270. The quantitative estimate of drug-likeness (QED) is 0.789. The van der Waals surface area contributed by atoms with Gasteiger partial charge in [0, 0.05) is 32.3 Å². The summed E-state index contributed by atoms with van der Waals surface area (Å²) in [5, 5.41) is 0. The highest BCUT2D eigenvalue weighted by Gasteiger charge is 2.46. The normalized spacial score (nSPS) is 25.7. The lowest BCUT2D eigenvalue weighted by atomic mass is 9.85. The number of hydrogen-bond donors (Lipinski definition) is 0. The van der Waals surface area contributed by atoms with Gasteiger partial charge in [0.25, 0.3) is 0 Å². The predicted molar refractivity (Wildman–Crippen MR) is 102 cm³/mol. The second-order valence-corrected chi connectivity index (χ2v) is 8.13. The van der Waals surface area contributed by atoms with Crippen molar-refractivity contribution in [1.82, 2.24) is 14.9 Å². The molecule has 0 bridgehead atoms. The third kappa shape index (κ3) is 4.09. The molecule has 1 aromatic heterocycles. The Labute approximate surface area is 161 Å². The van der Waals surface area contributed by atoms with E-state index < -0.39 is 0 Å². The molecule has 4 rings (SSSR count). The molecule has 7 heteroatoms. The third-order valence-corrected chi connectivity index (χ3v) is 6.19. The average molecular weight is 374 g/mol. The van der Waals surface area contributed by atoms with Gasteiger partial charge in [0.2, 0.25) is 0 Å². The van der Waals surface area contributed by atoms with E-state index in [0.29, 0.717) is 18.3 Å². The molecule has 7 nitrogen and oxygen atoms in total. The number of amides is 1. The summed E-state index contributed by atoms with van der Waals surface area (Å²) >= 11 is 0. The molecule has 27 heavy (non-hydrogen) atoms. The van der Waals surface area contributed by atoms with E-state index in [2.05, 4.69) is 9.88 Å². The van der Waals surface area contributed by atoms with Crippen molar-refractivity contribution in [2.75, 3.05) is 44.8 Å². The molecule has 1 aromatic rings. The number of ether oxygens (including phenoxy) is 2. The van der Waals surface area contributed by atoms with Crippen LogP contribution in [0.3, 0.4) is 0 Å². The van der Waals surface area contributed by atoms with Gasteiger partial charge in [-0.15, -0.1) is 0 Å². The van der Waals surface area contributed by atoms with Crippen molar-refractivity contribution in [3.63, 3.8) is 0 Å². The van der Waals surface area contributed by atoms with Gasteiger partial charge in [-0.2, -0.15) is 0 Å². The van der Waals surface area contributed by atoms with Crippen LogP contribution in [0.2, 0.25) is 0 Å². The summed E-state index contributed by atoms with van der Waals surface area (Å²) in [7, 11) is 1.74. The van der Waals surface area contributed by atoms with E-state index in [1.165, 1.54) is 6.42 Å². The van der Waals surface area contributed by atoms with Gasteiger partial charge in [0.05, 0.1) is 25.0 Å². The fraction of sp³-hybridized carbons (Fsp3) is 0.750. The Kier molecular flexibility index (Phi) is 5.59. The lowest BCUT2D eigenvalue weighted by molar-refractivity contribution is 0.0260. The number of carbonyl (C=O) groups excluding carboxylic acids is 1. The first-order chi connectivity index (χ1) is 13.2. The molecule has 1 saturated carbocycles. The topological polar surface area (TPSA) is 67.8 Å². The number of likely N-dealkylation sites (tertiary alicyclic amines) is 1. The molecule has 0 N–H and O–H groups in total. The highest BCUT2D eigenvalue weighted by molar-refractivity contribution is 5.89. The van der Waals surface area contributed by atoms with E-state index in [1.54, 1.807) is 18.2 Å². The molecule has 148 valence electrons. The lowest BCUT2D eigenvalue weighted by Gasteiger charge is -2.32. The Bertz CT molecular complexity index is 662. The Hall–Kier alpha value is -1.73. The third-order valence-electron chi connectivity index (χ3n) is 6.19. The van der Waals surface area contributed by atoms with Crippen molar-refractivity contribution in [2.45, 2.75) is 56.5 Å². The Morgan fingerprint density at radius 2 is 2.11 bits per heavy atom. The maximum Gasteiger partial charge on any atom is 0.416 e. The average Bonchev–Trinajstić information content (AvgIpc) is 3.02. The number of piperidine rings is 1. The summed E-state index contributed by atoms with van der Waals surface area (Å²) in [5.74, 6) is 0.985. The van der Waals surface area contributed by atoms with Crippen molar-refractivity contribution >= 4 is 11.9 Å². The van der Waals surface area contributed by atoms with Gasteiger partial charge < -0.3 is 14.4 Å². The maximum atomic E-state index is 12.5. The van der Waals surface area contributed by atoms with Gasteiger partial charge in [-0.1, -0.05) is 6.42 Å². The molecule has 0 unspecified atom stereocenters. The van der Waals surface area contributed by atoms with E-state index in [4.69, 9.17) is 14.5 Å². The van der Waals surface area contributed by atoms with Gasteiger partial charge in [-0.05, 0) is 45.1 Å². The molecule has 3 heterocycles. The molecular formula is C20H30N4O3. The maximum absolute atomic E-state index is 12.5. The summed E-state index contributed by atoms with van der Waals surface area (Å²) < 4.78 is 11.0. The summed E-state index contributed by atoms with van der Waals surface area (Å²) in [6, 6.07) is 0. The monoisotopic (exact) mass is 374 g/mol. The molecule has 1 spiro atoms. The van der Waals surface area contributed by atoms with E-state index in [-0.39, 0.29) is 11.7 Å². The number of nitrogens with zero attached hydrogens (tertiary/aromatic N) is 4. The van der Waals surface area contributed by atoms with Crippen LogP contribution in [0.5, 0.6) is 0 Å². The summed E-state index contributed by atoms with van der Waals surface area (Å²) in [6.07, 6.45) is 10.9. The van der Waals surface area contributed by atoms with Crippen LogP contribution in [0, 0.1) is 0 Å². The fourth-order valence-electron chi connectivity index (χ4n) is 4.67. The standard InChI is InChI=1S/C20H30N4O3/c1-26-11-10-23-9-5-6-16(14-23)17-12-21-13-18(22-17)24-15-20(27-19(24)25)7-3-2-4-8-20/h12-13,16H,2-11,14-15H2,1H3/t16-/m0/s1. The number of hydrogen-bond acceptors (Lipinski definition) is 6. The Morgan fingerprint density at radius 3 is 2.93 bits per heavy atom. The predicted octanol–water partition coefficient (Wildman–Crippen LogP) is 2.96. The second kappa shape index (κ2) is 8.10. The molecule has 3 aliphatic rings. The zero-order valence-corrected chi connectivity index (χ0v) is 16.2. The molecule has 1 atom stereocenters. The van der Waals surface area contributed by atoms with Gasteiger partial charge in [0.15, 0.2) is 5.82 Å². The highest BCUT2D eigenvalue weighted by Crippen LogP contribution is 2.38. The first-order valence-corrected chi connectivity index (χ1v) is 10.2. The number of carbonyl (C=O) groups is 1. The minimum Gasteiger partial charge on any atom is -0.441 e. The number of anilines is 1. The van der Waals surface area contributed by atoms with Crippen LogP contribution in [0.15, 0.2) is 12.4 Å². The minimum atomic E-state index is -0.311.